The molecule has 1 unspecified atom stereocenters. The van der Waals surface area contributed by atoms with E-state index in [1.54, 1.807) is 6.20 Å². The van der Waals surface area contributed by atoms with E-state index in [2.05, 4.69) is 21.8 Å². The molecule has 0 radical (unpaired) electrons. The Hall–Kier alpha value is -1.16. The van der Waals surface area contributed by atoms with Crippen molar-refractivity contribution in [2.75, 3.05) is 11.4 Å². The molecule has 1 aromatic rings. The molecular weight excluding hydrogens is 200 g/mol. The van der Waals surface area contributed by atoms with Crippen molar-refractivity contribution in [2.45, 2.75) is 45.2 Å². The molecule has 88 valence electrons. The van der Waals surface area contributed by atoms with Gasteiger partial charge in [-0.05, 0) is 19.8 Å². The van der Waals surface area contributed by atoms with Crippen molar-refractivity contribution in [3.8, 4) is 0 Å². The van der Waals surface area contributed by atoms with E-state index >= 15 is 0 Å². The summed E-state index contributed by atoms with van der Waals surface area (Å²) >= 11 is 0. The largest absolute Gasteiger partial charge is 0.353 e. The zero-order valence-electron chi connectivity index (χ0n) is 9.89. The van der Waals surface area contributed by atoms with Gasteiger partial charge in [0.05, 0.1) is 11.9 Å². The van der Waals surface area contributed by atoms with Crippen molar-refractivity contribution < 1.29 is 0 Å². The Kier molecular flexibility index (Phi) is 3.72. The zero-order chi connectivity index (χ0) is 11.4. The SMILES string of the molecule is CC1CCCCCN1c1cncc(CN)n1. The second kappa shape index (κ2) is 5.25. The number of aromatic nitrogens is 2. The number of hydrogen-bond donors (Lipinski definition) is 1. The minimum Gasteiger partial charge on any atom is -0.353 e. The standard InChI is InChI=1S/C12H20N4/c1-10-5-3-2-4-6-16(10)12-9-14-8-11(7-13)15-12/h8-10H,2-7,13H2,1H3. The first-order valence-electron chi connectivity index (χ1n) is 6.09. The van der Waals surface area contributed by atoms with Gasteiger partial charge in [-0.15, -0.1) is 0 Å². The summed E-state index contributed by atoms with van der Waals surface area (Å²) in [6.45, 7) is 3.81. The van der Waals surface area contributed by atoms with E-state index in [-0.39, 0.29) is 0 Å². The third-order valence-electron chi connectivity index (χ3n) is 3.23. The van der Waals surface area contributed by atoms with Gasteiger partial charge in [0.2, 0.25) is 0 Å². The summed E-state index contributed by atoms with van der Waals surface area (Å²) in [6.07, 6.45) is 8.73. The molecule has 2 heterocycles. The fraction of sp³-hybridized carbons (Fsp3) is 0.667. The van der Waals surface area contributed by atoms with Crippen molar-refractivity contribution in [1.82, 2.24) is 9.97 Å². The van der Waals surface area contributed by atoms with Crippen LogP contribution in [-0.2, 0) is 6.54 Å². The highest BCUT2D eigenvalue weighted by molar-refractivity contribution is 5.37. The van der Waals surface area contributed by atoms with Crippen LogP contribution in [0.2, 0.25) is 0 Å². The third-order valence-corrected chi connectivity index (χ3v) is 3.23. The molecule has 1 aromatic heterocycles. The molecule has 16 heavy (non-hydrogen) atoms. The van der Waals surface area contributed by atoms with E-state index < -0.39 is 0 Å². The Morgan fingerprint density at radius 3 is 3.06 bits per heavy atom. The third kappa shape index (κ3) is 2.50. The molecule has 2 N–H and O–H groups in total. The van der Waals surface area contributed by atoms with Crippen molar-refractivity contribution in [3.63, 3.8) is 0 Å². The maximum Gasteiger partial charge on any atom is 0.147 e. The predicted molar refractivity (Wildman–Crippen MR) is 65.2 cm³/mol. The van der Waals surface area contributed by atoms with Gasteiger partial charge in [0.1, 0.15) is 5.82 Å². The van der Waals surface area contributed by atoms with Gasteiger partial charge in [-0.3, -0.25) is 4.98 Å². The summed E-state index contributed by atoms with van der Waals surface area (Å²) < 4.78 is 0. The molecule has 1 aliphatic rings. The van der Waals surface area contributed by atoms with E-state index in [0.717, 1.165) is 18.1 Å². The molecule has 1 fully saturated rings. The van der Waals surface area contributed by atoms with E-state index in [9.17, 15) is 0 Å². The van der Waals surface area contributed by atoms with Gasteiger partial charge < -0.3 is 10.6 Å². The molecule has 1 saturated heterocycles. The average molecular weight is 220 g/mol. The second-order valence-corrected chi connectivity index (χ2v) is 4.46. The molecule has 0 amide bonds. The summed E-state index contributed by atoms with van der Waals surface area (Å²) in [5.74, 6) is 0.984. The van der Waals surface area contributed by atoms with Crippen LogP contribution in [0.4, 0.5) is 5.82 Å². The molecule has 0 aromatic carbocycles. The number of rotatable bonds is 2. The lowest BCUT2D eigenvalue weighted by Gasteiger charge is -2.28. The minimum atomic E-state index is 0.461. The van der Waals surface area contributed by atoms with Gasteiger partial charge in [0.15, 0.2) is 0 Å². The monoisotopic (exact) mass is 220 g/mol. The molecule has 1 aliphatic heterocycles. The average Bonchev–Trinajstić information content (AvgIpc) is 2.54. The summed E-state index contributed by atoms with van der Waals surface area (Å²) in [4.78, 5) is 11.1. The fourth-order valence-electron chi connectivity index (χ4n) is 2.25. The molecule has 0 saturated carbocycles. The van der Waals surface area contributed by atoms with Crippen molar-refractivity contribution in [2.24, 2.45) is 5.73 Å². The van der Waals surface area contributed by atoms with E-state index in [0.29, 0.717) is 12.6 Å². The Balaban J connectivity index is 2.19. The topological polar surface area (TPSA) is 55.0 Å². The van der Waals surface area contributed by atoms with Gasteiger partial charge in [-0.1, -0.05) is 12.8 Å². The normalized spacial score (nSPS) is 21.9. The molecule has 0 spiro atoms. The van der Waals surface area contributed by atoms with Gasteiger partial charge >= 0.3 is 0 Å². The van der Waals surface area contributed by atoms with Crippen molar-refractivity contribution >= 4 is 5.82 Å². The Bertz CT molecular complexity index is 340. The van der Waals surface area contributed by atoms with Crippen LogP contribution in [0.5, 0.6) is 0 Å². The summed E-state index contributed by atoms with van der Waals surface area (Å²) in [6, 6.07) is 0.560. The fourth-order valence-corrected chi connectivity index (χ4v) is 2.25. The first kappa shape index (κ1) is 11.3. The molecule has 1 atom stereocenters. The molecule has 4 nitrogen and oxygen atoms in total. The highest BCUT2D eigenvalue weighted by atomic mass is 15.2. The number of hydrogen-bond acceptors (Lipinski definition) is 4. The highest BCUT2D eigenvalue weighted by Crippen LogP contribution is 2.21. The Morgan fingerprint density at radius 1 is 1.38 bits per heavy atom. The minimum absolute atomic E-state index is 0.461. The highest BCUT2D eigenvalue weighted by Gasteiger charge is 2.18. The van der Waals surface area contributed by atoms with Crippen LogP contribution in [0.15, 0.2) is 12.4 Å². The Morgan fingerprint density at radius 2 is 2.25 bits per heavy atom. The van der Waals surface area contributed by atoms with Crippen LogP contribution in [0, 0.1) is 0 Å². The lowest BCUT2D eigenvalue weighted by molar-refractivity contribution is 0.609. The lowest BCUT2D eigenvalue weighted by atomic mass is 10.1. The van der Waals surface area contributed by atoms with Crippen LogP contribution in [0.3, 0.4) is 0 Å². The van der Waals surface area contributed by atoms with Crippen molar-refractivity contribution in [3.05, 3.63) is 18.1 Å². The summed E-state index contributed by atoms with van der Waals surface area (Å²) in [5, 5.41) is 0. The molecule has 0 aliphatic carbocycles. The first-order chi connectivity index (χ1) is 7.81. The smallest absolute Gasteiger partial charge is 0.147 e. The van der Waals surface area contributed by atoms with Crippen LogP contribution >= 0.6 is 0 Å². The zero-order valence-corrected chi connectivity index (χ0v) is 9.89. The van der Waals surface area contributed by atoms with Gasteiger partial charge in [0, 0.05) is 25.3 Å². The quantitative estimate of drug-likeness (QED) is 0.824. The summed E-state index contributed by atoms with van der Waals surface area (Å²) in [5.41, 5.74) is 6.46. The molecule has 2 rings (SSSR count). The first-order valence-corrected chi connectivity index (χ1v) is 6.09. The van der Waals surface area contributed by atoms with Crippen LogP contribution < -0.4 is 10.6 Å². The maximum atomic E-state index is 5.59. The van der Waals surface area contributed by atoms with Crippen molar-refractivity contribution in [1.29, 1.82) is 0 Å². The Labute approximate surface area is 96.9 Å². The van der Waals surface area contributed by atoms with Crippen LogP contribution in [-0.4, -0.2) is 22.6 Å². The van der Waals surface area contributed by atoms with Gasteiger partial charge in [0.25, 0.3) is 0 Å². The van der Waals surface area contributed by atoms with Gasteiger partial charge in [-0.2, -0.15) is 0 Å². The number of nitrogens with two attached hydrogens (primary N) is 1. The summed E-state index contributed by atoms with van der Waals surface area (Å²) in [7, 11) is 0. The molecular formula is C12H20N4. The molecule has 0 bridgehead atoms. The number of nitrogens with zero attached hydrogens (tertiary/aromatic N) is 3. The number of anilines is 1. The van der Waals surface area contributed by atoms with Crippen LogP contribution in [0.1, 0.15) is 38.3 Å². The molecule has 4 heteroatoms. The lowest BCUT2D eigenvalue weighted by Crippen LogP contribution is -2.33. The van der Waals surface area contributed by atoms with Gasteiger partial charge in [-0.25, -0.2) is 4.98 Å². The predicted octanol–water partition coefficient (Wildman–Crippen LogP) is 1.70. The van der Waals surface area contributed by atoms with Crippen LogP contribution in [0.25, 0.3) is 0 Å². The van der Waals surface area contributed by atoms with E-state index in [4.69, 9.17) is 5.73 Å². The van der Waals surface area contributed by atoms with E-state index in [1.807, 2.05) is 6.20 Å². The van der Waals surface area contributed by atoms with E-state index in [1.165, 1.54) is 25.7 Å². The maximum absolute atomic E-state index is 5.59. The second-order valence-electron chi connectivity index (χ2n) is 4.46.